The molecule has 0 unspecified atom stereocenters. The van der Waals surface area contributed by atoms with Crippen LogP contribution in [0.4, 0.5) is 0 Å². The van der Waals surface area contributed by atoms with E-state index < -0.39 is 0 Å². The Hall–Kier alpha value is -1.81. The van der Waals surface area contributed by atoms with Gasteiger partial charge in [-0.05, 0) is 31.2 Å². The fourth-order valence-corrected chi connectivity index (χ4v) is 2.38. The minimum absolute atomic E-state index is 0.0291. The third kappa shape index (κ3) is 12.5. The monoisotopic (exact) mass is 378 g/mol. The standard InChI is InChI=1S/C21H31ClN2O2/c1-18(2)17-23-20(25)14-10-8-6-4-3-5-7-9-11-16-26-21-15-12-13-19(22)24-21/h6,8,10,12-15,18H,3-5,7,9,11,16-17H2,1-2H3,(H,23,25)/b8-6+,14-10+. The van der Waals surface area contributed by atoms with Crippen molar-refractivity contribution >= 4 is 17.5 Å². The van der Waals surface area contributed by atoms with Gasteiger partial charge in [-0.15, -0.1) is 0 Å². The van der Waals surface area contributed by atoms with Crippen molar-refractivity contribution in [2.45, 2.75) is 52.4 Å². The summed E-state index contributed by atoms with van der Waals surface area (Å²) in [5.74, 6) is 1.04. The summed E-state index contributed by atoms with van der Waals surface area (Å²) in [6.07, 6.45) is 14.2. The van der Waals surface area contributed by atoms with Crippen molar-refractivity contribution in [3.8, 4) is 5.88 Å². The van der Waals surface area contributed by atoms with Gasteiger partial charge in [0.2, 0.25) is 11.8 Å². The number of pyridine rings is 1. The minimum atomic E-state index is -0.0291. The third-order valence-corrected chi connectivity index (χ3v) is 3.84. The van der Waals surface area contributed by atoms with Crippen LogP contribution < -0.4 is 10.1 Å². The summed E-state index contributed by atoms with van der Waals surface area (Å²) in [6, 6.07) is 5.40. The van der Waals surface area contributed by atoms with Crippen molar-refractivity contribution in [1.82, 2.24) is 10.3 Å². The summed E-state index contributed by atoms with van der Waals surface area (Å²) in [7, 11) is 0. The highest BCUT2D eigenvalue weighted by Crippen LogP contribution is 2.12. The van der Waals surface area contributed by atoms with Gasteiger partial charge in [0.1, 0.15) is 5.15 Å². The Bertz CT molecular complexity index is 571. The lowest BCUT2D eigenvalue weighted by Gasteiger charge is -2.05. The van der Waals surface area contributed by atoms with Gasteiger partial charge in [0, 0.05) is 18.7 Å². The van der Waals surface area contributed by atoms with Crippen molar-refractivity contribution < 1.29 is 9.53 Å². The molecule has 0 spiro atoms. The number of rotatable bonds is 13. The highest BCUT2D eigenvalue weighted by molar-refractivity contribution is 6.29. The van der Waals surface area contributed by atoms with E-state index in [4.69, 9.17) is 16.3 Å². The van der Waals surface area contributed by atoms with Crippen LogP contribution in [0.25, 0.3) is 0 Å². The minimum Gasteiger partial charge on any atom is -0.478 e. The van der Waals surface area contributed by atoms with E-state index in [1.165, 1.54) is 19.3 Å². The average molecular weight is 379 g/mol. The lowest BCUT2D eigenvalue weighted by atomic mass is 10.1. The molecule has 0 bridgehead atoms. The van der Waals surface area contributed by atoms with Crippen LogP contribution in [0.15, 0.2) is 42.5 Å². The number of allylic oxidation sites excluding steroid dienone is 3. The normalized spacial score (nSPS) is 11.5. The number of nitrogens with zero attached hydrogens (tertiary/aromatic N) is 1. The molecule has 1 heterocycles. The molecule has 1 aromatic heterocycles. The van der Waals surface area contributed by atoms with E-state index in [-0.39, 0.29) is 5.91 Å². The Kier molecular flexibility index (Phi) is 12.3. The largest absolute Gasteiger partial charge is 0.478 e. The number of ether oxygens (including phenoxy) is 1. The number of hydrogen-bond acceptors (Lipinski definition) is 3. The van der Waals surface area contributed by atoms with Gasteiger partial charge in [0.05, 0.1) is 6.61 Å². The van der Waals surface area contributed by atoms with Crippen LogP contribution in [-0.2, 0) is 4.79 Å². The number of amides is 1. The number of unbranched alkanes of at least 4 members (excludes halogenated alkanes) is 5. The second kappa shape index (κ2) is 14.4. The highest BCUT2D eigenvalue weighted by atomic mass is 35.5. The lowest BCUT2D eigenvalue weighted by molar-refractivity contribution is -0.116. The predicted octanol–water partition coefficient (Wildman–Crippen LogP) is 5.34. The first-order valence-electron chi connectivity index (χ1n) is 9.44. The van der Waals surface area contributed by atoms with Crippen LogP contribution >= 0.6 is 11.6 Å². The Labute approximate surface area is 162 Å². The molecule has 0 atom stereocenters. The summed E-state index contributed by atoms with van der Waals surface area (Å²) < 4.78 is 5.56. The zero-order valence-corrected chi connectivity index (χ0v) is 16.7. The molecule has 0 radical (unpaired) electrons. The van der Waals surface area contributed by atoms with Gasteiger partial charge in [-0.2, -0.15) is 0 Å². The lowest BCUT2D eigenvalue weighted by Crippen LogP contribution is -2.25. The molecular weight excluding hydrogens is 348 g/mol. The molecule has 1 rings (SSSR count). The van der Waals surface area contributed by atoms with Crippen molar-refractivity contribution in [3.05, 3.63) is 47.7 Å². The van der Waals surface area contributed by atoms with E-state index in [0.29, 0.717) is 30.1 Å². The third-order valence-electron chi connectivity index (χ3n) is 3.63. The van der Waals surface area contributed by atoms with Crippen LogP contribution in [0.3, 0.4) is 0 Å². The topological polar surface area (TPSA) is 51.2 Å². The van der Waals surface area contributed by atoms with E-state index in [0.717, 1.165) is 19.3 Å². The molecular formula is C21H31ClN2O2. The Morgan fingerprint density at radius 3 is 2.73 bits per heavy atom. The molecule has 0 aromatic carbocycles. The number of carbonyl (C=O) groups excluding carboxylic acids is 1. The first kappa shape index (κ1) is 22.2. The van der Waals surface area contributed by atoms with Crippen LogP contribution in [-0.4, -0.2) is 24.0 Å². The summed E-state index contributed by atoms with van der Waals surface area (Å²) >= 11 is 5.81. The molecule has 1 amide bonds. The quantitative estimate of drug-likeness (QED) is 0.218. The molecule has 1 N–H and O–H groups in total. The molecule has 0 saturated heterocycles. The maximum Gasteiger partial charge on any atom is 0.243 e. The number of nitrogens with one attached hydrogen (secondary N) is 1. The Morgan fingerprint density at radius 1 is 1.19 bits per heavy atom. The molecule has 0 aliphatic rings. The van der Waals surface area contributed by atoms with Crippen LogP contribution in [0, 0.1) is 5.92 Å². The van der Waals surface area contributed by atoms with Crippen LogP contribution in [0.1, 0.15) is 52.4 Å². The van der Waals surface area contributed by atoms with Gasteiger partial charge in [-0.3, -0.25) is 4.79 Å². The SMILES string of the molecule is CC(C)CNC(=O)/C=C/C=C/CCCCCCCOc1cccc(Cl)n1. The van der Waals surface area contributed by atoms with Gasteiger partial charge in [-0.1, -0.05) is 69.0 Å². The zero-order chi connectivity index (χ0) is 19.0. The number of carbonyl (C=O) groups is 1. The number of halogens is 1. The van der Waals surface area contributed by atoms with Gasteiger partial charge < -0.3 is 10.1 Å². The number of hydrogen-bond donors (Lipinski definition) is 1. The van der Waals surface area contributed by atoms with E-state index in [1.54, 1.807) is 18.2 Å². The molecule has 0 saturated carbocycles. The maximum atomic E-state index is 11.5. The Balaban J connectivity index is 1.93. The van der Waals surface area contributed by atoms with Gasteiger partial charge in [-0.25, -0.2) is 4.98 Å². The predicted molar refractivity (Wildman–Crippen MR) is 109 cm³/mol. The maximum absolute atomic E-state index is 11.5. The first-order valence-corrected chi connectivity index (χ1v) is 9.82. The second-order valence-electron chi connectivity index (χ2n) is 6.63. The van der Waals surface area contributed by atoms with Gasteiger partial charge in [0.25, 0.3) is 0 Å². The molecule has 0 aliphatic heterocycles. The van der Waals surface area contributed by atoms with Crippen molar-refractivity contribution in [2.24, 2.45) is 5.92 Å². The fourth-order valence-electron chi connectivity index (χ4n) is 2.22. The first-order chi connectivity index (χ1) is 12.6. The number of aromatic nitrogens is 1. The molecule has 4 nitrogen and oxygen atoms in total. The van der Waals surface area contributed by atoms with E-state index in [9.17, 15) is 4.79 Å². The van der Waals surface area contributed by atoms with E-state index in [2.05, 4.69) is 30.2 Å². The summed E-state index contributed by atoms with van der Waals surface area (Å²) in [5.41, 5.74) is 0. The average Bonchev–Trinajstić information content (AvgIpc) is 2.61. The summed E-state index contributed by atoms with van der Waals surface area (Å²) in [6.45, 7) is 5.55. The fraction of sp³-hybridized carbons (Fsp3) is 0.524. The van der Waals surface area contributed by atoms with Crippen LogP contribution in [0.2, 0.25) is 5.15 Å². The molecule has 5 heteroatoms. The zero-order valence-electron chi connectivity index (χ0n) is 15.9. The van der Waals surface area contributed by atoms with E-state index >= 15 is 0 Å². The van der Waals surface area contributed by atoms with Crippen molar-refractivity contribution in [3.63, 3.8) is 0 Å². The molecule has 1 aromatic rings. The molecule has 0 fully saturated rings. The van der Waals surface area contributed by atoms with Crippen molar-refractivity contribution in [2.75, 3.05) is 13.2 Å². The summed E-state index contributed by atoms with van der Waals surface area (Å²) in [5, 5.41) is 3.31. The van der Waals surface area contributed by atoms with E-state index in [1.807, 2.05) is 18.2 Å². The second-order valence-corrected chi connectivity index (χ2v) is 7.02. The molecule has 0 aliphatic carbocycles. The molecule has 144 valence electrons. The highest BCUT2D eigenvalue weighted by Gasteiger charge is 1.97. The van der Waals surface area contributed by atoms with Gasteiger partial charge in [0.15, 0.2) is 0 Å². The van der Waals surface area contributed by atoms with Crippen LogP contribution in [0.5, 0.6) is 5.88 Å². The van der Waals surface area contributed by atoms with Gasteiger partial charge >= 0.3 is 0 Å². The Morgan fingerprint density at radius 2 is 1.96 bits per heavy atom. The van der Waals surface area contributed by atoms with Crippen molar-refractivity contribution in [1.29, 1.82) is 0 Å². The summed E-state index contributed by atoms with van der Waals surface area (Å²) in [4.78, 5) is 15.6. The smallest absolute Gasteiger partial charge is 0.243 e. The molecule has 26 heavy (non-hydrogen) atoms.